The number of rotatable bonds is 8. The van der Waals surface area contributed by atoms with Crippen molar-refractivity contribution in [2.45, 2.75) is 59.4 Å². The second kappa shape index (κ2) is 8.31. The van der Waals surface area contributed by atoms with Crippen molar-refractivity contribution in [2.75, 3.05) is 6.54 Å². The van der Waals surface area contributed by atoms with Gasteiger partial charge < -0.3 is 5.32 Å². The Morgan fingerprint density at radius 1 is 1.06 bits per heavy atom. The molecule has 1 aromatic carbocycles. The summed E-state index contributed by atoms with van der Waals surface area (Å²) < 4.78 is 0. The Labute approximate surface area is 113 Å². The fourth-order valence-corrected chi connectivity index (χ4v) is 2.17. The van der Waals surface area contributed by atoms with E-state index in [9.17, 15) is 0 Å². The highest BCUT2D eigenvalue weighted by molar-refractivity contribution is 5.22. The molecule has 1 heteroatoms. The summed E-state index contributed by atoms with van der Waals surface area (Å²) in [6.45, 7) is 10.1. The number of hydrogen-bond acceptors (Lipinski definition) is 1. The Morgan fingerprint density at radius 3 is 2.28 bits per heavy atom. The van der Waals surface area contributed by atoms with E-state index in [1.54, 1.807) is 0 Å². The minimum Gasteiger partial charge on any atom is -0.314 e. The zero-order chi connectivity index (χ0) is 13.4. The van der Waals surface area contributed by atoms with Crippen LogP contribution in [0.3, 0.4) is 0 Å². The van der Waals surface area contributed by atoms with E-state index >= 15 is 0 Å². The molecule has 0 aromatic heterocycles. The third kappa shape index (κ3) is 6.20. The molecule has 1 nitrogen and oxygen atoms in total. The zero-order valence-electron chi connectivity index (χ0n) is 12.5. The Morgan fingerprint density at radius 2 is 1.72 bits per heavy atom. The van der Waals surface area contributed by atoms with Crippen molar-refractivity contribution in [2.24, 2.45) is 5.92 Å². The van der Waals surface area contributed by atoms with Crippen molar-refractivity contribution < 1.29 is 0 Å². The molecule has 0 bridgehead atoms. The molecule has 0 saturated heterocycles. The largest absolute Gasteiger partial charge is 0.314 e. The highest BCUT2D eigenvalue weighted by Crippen LogP contribution is 2.12. The maximum absolute atomic E-state index is 3.69. The first-order valence-electron chi connectivity index (χ1n) is 7.40. The molecule has 0 radical (unpaired) electrons. The lowest BCUT2D eigenvalue weighted by Crippen LogP contribution is -2.32. The van der Waals surface area contributed by atoms with E-state index in [1.807, 2.05) is 0 Å². The lowest BCUT2D eigenvalue weighted by molar-refractivity contribution is 0.427. The number of nitrogens with one attached hydrogen (secondary N) is 1. The van der Waals surface area contributed by atoms with E-state index < -0.39 is 0 Å². The molecule has 1 unspecified atom stereocenters. The van der Waals surface area contributed by atoms with Crippen LogP contribution in [0.5, 0.6) is 0 Å². The lowest BCUT2D eigenvalue weighted by Gasteiger charge is -2.19. The van der Waals surface area contributed by atoms with Crippen LogP contribution in [0.15, 0.2) is 24.3 Å². The van der Waals surface area contributed by atoms with Gasteiger partial charge in [0.1, 0.15) is 0 Å². The van der Waals surface area contributed by atoms with E-state index in [0.717, 1.165) is 18.9 Å². The molecule has 1 rings (SSSR count). The first-order chi connectivity index (χ1) is 8.61. The van der Waals surface area contributed by atoms with Gasteiger partial charge in [0.2, 0.25) is 0 Å². The smallest absolute Gasteiger partial charge is 0.0108 e. The van der Waals surface area contributed by atoms with Gasteiger partial charge in [0.25, 0.3) is 0 Å². The summed E-state index contributed by atoms with van der Waals surface area (Å²) in [6.07, 6.45) is 4.97. The summed E-state index contributed by atoms with van der Waals surface area (Å²) in [6, 6.07) is 9.61. The van der Waals surface area contributed by atoms with Crippen molar-refractivity contribution in [3.05, 3.63) is 35.4 Å². The van der Waals surface area contributed by atoms with Crippen molar-refractivity contribution in [3.8, 4) is 0 Å². The quantitative estimate of drug-likeness (QED) is 0.720. The molecule has 0 heterocycles. The molecular formula is C17H29N. The Balaban J connectivity index is 2.50. The van der Waals surface area contributed by atoms with E-state index in [0.29, 0.717) is 6.04 Å². The highest BCUT2D eigenvalue weighted by atomic mass is 14.9. The molecule has 0 spiro atoms. The van der Waals surface area contributed by atoms with E-state index in [-0.39, 0.29) is 0 Å². The maximum Gasteiger partial charge on any atom is 0.0108 e. The molecule has 0 fully saturated rings. The standard InChI is InChI=1S/C17H29N/c1-5-12-18-17(11-6-14(2)3)13-16-9-7-15(4)8-10-16/h7-10,14,17-18H,5-6,11-13H2,1-4H3. The molecule has 1 atom stereocenters. The zero-order valence-corrected chi connectivity index (χ0v) is 12.5. The van der Waals surface area contributed by atoms with Crippen molar-refractivity contribution in [3.63, 3.8) is 0 Å². The van der Waals surface area contributed by atoms with Crippen LogP contribution < -0.4 is 5.32 Å². The first-order valence-corrected chi connectivity index (χ1v) is 7.40. The van der Waals surface area contributed by atoms with E-state index in [1.165, 1.54) is 30.4 Å². The summed E-state index contributed by atoms with van der Waals surface area (Å²) in [7, 11) is 0. The van der Waals surface area contributed by atoms with Gasteiger partial charge in [-0.15, -0.1) is 0 Å². The van der Waals surface area contributed by atoms with Crippen LogP contribution in [0, 0.1) is 12.8 Å². The van der Waals surface area contributed by atoms with Crippen LogP contribution in [0.1, 0.15) is 51.2 Å². The third-order valence-electron chi connectivity index (χ3n) is 3.38. The van der Waals surface area contributed by atoms with Crippen LogP contribution in [0.2, 0.25) is 0 Å². The third-order valence-corrected chi connectivity index (χ3v) is 3.38. The van der Waals surface area contributed by atoms with Gasteiger partial charge in [0.05, 0.1) is 0 Å². The predicted octanol–water partition coefficient (Wildman–Crippen LogP) is 4.34. The van der Waals surface area contributed by atoms with Crippen LogP contribution in [-0.4, -0.2) is 12.6 Å². The van der Waals surface area contributed by atoms with Gasteiger partial charge in [-0.25, -0.2) is 0 Å². The topological polar surface area (TPSA) is 12.0 Å². The van der Waals surface area contributed by atoms with Crippen molar-refractivity contribution in [1.29, 1.82) is 0 Å². The predicted molar refractivity (Wildman–Crippen MR) is 81.0 cm³/mol. The second-order valence-corrected chi connectivity index (χ2v) is 5.81. The summed E-state index contributed by atoms with van der Waals surface area (Å²) in [5, 5.41) is 3.69. The molecule has 0 aliphatic heterocycles. The van der Waals surface area contributed by atoms with Gasteiger partial charge in [-0.3, -0.25) is 0 Å². The molecule has 0 amide bonds. The Hall–Kier alpha value is -0.820. The van der Waals surface area contributed by atoms with E-state index in [4.69, 9.17) is 0 Å². The van der Waals surface area contributed by atoms with Crippen LogP contribution in [0.4, 0.5) is 0 Å². The lowest BCUT2D eigenvalue weighted by atomic mass is 9.97. The van der Waals surface area contributed by atoms with Gasteiger partial charge in [-0.1, -0.05) is 50.6 Å². The first kappa shape index (κ1) is 15.2. The van der Waals surface area contributed by atoms with Crippen molar-refractivity contribution in [1.82, 2.24) is 5.32 Å². The van der Waals surface area contributed by atoms with Crippen LogP contribution >= 0.6 is 0 Å². The normalized spacial score (nSPS) is 12.9. The second-order valence-electron chi connectivity index (χ2n) is 5.81. The molecule has 102 valence electrons. The molecule has 1 aromatic rings. The number of aryl methyl sites for hydroxylation is 1. The van der Waals surface area contributed by atoms with E-state index in [2.05, 4.69) is 57.3 Å². The van der Waals surface area contributed by atoms with Crippen LogP contribution in [-0.2, 0) is 6.42 Å². The Bertz CT molecular complexity index is 313. The average Bonchev–Trinajstić information content (AvgIpc) is 2.35. The summed E-state index contributed by atoms with van der Waals surface area (Å²) in [5.74, 6) is 0.800. The minimum atomic E-state index is 0.634. The number of benzene rings is 1. The summed E-state index contributed by atoms with van der Waals surface area (Å²) in [5.41, 5.74) is 2.80. The molecule has 1 N–H and O–H groups in total. The molecule has 0 saturated carbocycles. The molecule has 18 heavy (non-hydrogen) atoms. The van der Waals surface area contributed by atoms with Crippen molar-refractivity contribution >= 4 is 0 Å². The molecule has 0 aliphatic carbocycles. The van der Waals surface area contributed by atoms with Gasteiger partial charge in [0, 0.05) is 6.04 Å². The Kier molecular flexibility index (Phi) is 7.04. The SMILES string of the molecule is CCCNC(CCC(C)C)Cc1ccc(C)cc1. The monoisotopic (exact) mass is 247 g/mol. The average molecular weight is 247 g/mol. The van der Waals surface area contributed by atoms with Crippen LogP contribution in [0.25, 0.3) is 0 Å². The summed E-state index contributed by atoms with van der Waals surface area (Å²) in [4.78, 5) is 0. The van der Waals surface area contributed by atoms with Gasteiger partial charge >= 0.3 is 0 Å². The number of hydrogen-bond donors (Lipinski definition) is 1. The highest BCUT2D eigenvalue weighted by Gasteiger charge is 2.09. The maximum atomic E-state index is 3.69. The minimum absolute atomic E-state index is 0.634. The summed E-state index contributed by atoms with van der Waals surface area (Å²) >= 11 is 0. The fraction of sp³-hybridized carbons (Fsp3) is 0.647. The fourth-order valence-electron chi connectivity index (χ4n) is 2.17. The van der Waals surface area contributed by atoms with Gasteiger partial charge in [-0.2, -0.15) is 0 Å². The van der Waals surface area contributed by atoms with Gasteiger partial charge in [0.15, 0.2) is 0 Å². The molecule has 0 aliphatic rings. The molecular weight excluding hydrogens is 218 g/mol. The van der Waals surface area contributed by atoms with Gasteiger partial charge in [-0.05, 0) is 50.6 Å².